The highest BCUT2D eigenvalue weighted by Crippen LogP contribution is 2.33. The molecule has 1 aliphatic heterocycles. The summed E-state index contributed by atoms with van der Waals surface area (Å²) >= 11 is 0. The number of hydrogen-bond acceptors (Lipinski definition) is 3. The van der Waals surface area contributed by atoms with Crippen LogP contribution in [0.2, 0.25) is 0 Å². The number of aryl methyl sites for hydroxylation is 1. The molecule has 3 heteroatoms. The Bertz CT molecular complexity index is 637. The van der Waals surface area contributed by atoms with E-state index in [1.807, 2.05) is 0 Å². The van der Waals surface area contributed by atoms with Crippen LogP contribution in [0.25, 0.3) is 10.9 Å². The highest BCUT2D eigenvalue weighted by atomic mass is 16.5. The maximum absolute atomic E-state index is 5.66. The summed E-state index contributed by atoms with van der Waals surface area (Å²) in [5.74, 6) is 0. The minimum absolute atomic E-state index is 0.683. The van der Waals surface area contributed by atoms with Gasteiger partial charge in [-0.25, -0.2) is 0 Å². The zero-order valence-corrected chi connectivity index (χ0v) is 13.0. The Labute approximate surface area is 126 Å². The molecular weight excluding hydrogens is 260 g/mol. The van der Waals surface area contributed by atoms with Gasteiger partial charge >= 0.3 is 0 Å². The fraction of sp³-hybridized carbons (Fsp3) is 0.500. The Morgan fingerprint density at radius 2 is 2.14 bits per heavy atom. The summed E-state index contributed by atoms with van der Waals surface area (Å²) in [5.41, 5.74) is 6.27. The van der Waals surface area contributed by atoms with E-state index in [2.05, 4.69) is 37.4 Å². The van der Waals surface area contributed by atoms with E-state index in [9.17, 15) is 0 Å². The van der Waals surface area contributed by atoms with Gasteiger partial charge in [-0.3, -0.25) is 4.98 Å². The lowest BCUT2D eigenvalue weighted by Crippen LogP contribution is -2.16. The zero-order chi connectivity index (χ0) is 14.7. The van der Waals surface area contributed by atoms with E-state index in [0.717, 1.165) is 38.8 Å². The highest BCUT2D eigenvalue weighted by molar-refractivity contribution is 5.95. The molecule has 0 saturated heterocycles. The minimum atomic E-state index is 0.683. The van der Waals surface area contributed by atoms with Crippen LogP contribution in [0.5, 0.6) is 0 Å². The predicted octanol–water partition coefficient (Wildman–Crippen LogP) is 4.08. The van der Waals surface area contributed by atoms with Gasteiger partial charge in [0.25, 0.3) is 0 Å². The molecule has 21 heavy (non-hydrogen) atoms. The van der Waals surface area contributed by atoms with Crippen LogP contribution >= 0.6 is 0 Å². The van der Waals surface area contributed by atoms with Crippen LogP contribution in [-0.4, -0.2) is 18.1 Å². The number of pyridine rings is 1. The molecule has 0 saturated carbocycles. The molecule has 3 rings (SSSR count). The molecule has 0 bridgehead atoms. The van der Waals surface area contributed by atoms with Gasteiger partial charge in [-0.1, -0.05) is 38.5 Å². The summed E-state index contributed by atoms with van der Waals surface area (Å²) in [7, 11) is 0. The third kappa shape index (κ3) is 2.75. The van der Waals surface area contributed by atoms with E-state index >= 15 is 0 Å². The van der Waals surface area contributed by atoms with Crippen LogP contribution in [-0.2, 0) is 24.2 Å². The van der Waals surface area contributed by atoms with Crippen molar-refractivity contribution in [1.82, 2.24) is 4.98 Å². The summed E-state index contributed by atoms with van der Waals surface area (Å²) in [6.45, 7) is 6.88. The Kier molecular flexibility index (Phi) is 4.39. The second-order valence-corrected chi connectivity index (χ2v) is 5.70. The number of anilines is 1. The molecule has 0 spiro atoms. The fourth-order valence-electron chi connectivity index (χ4n) is 3.06. The third-order valence-electron chi connectivity index (χ3n) is 4.09. The molecule has 1 aromatic carbocycles. The number of ether oxygens (including phenoxy) is 1. The minimum Gasteiger partial charge on any atom is -0.384 e. The normalized spacial score (nSPS) is 14.2. The van der Waals surface area contributed by atoms with Crippen LogP contribution in [0, 0.1) is 0 Å². The summed E-state index contributed by atoms with van der Waals surface area (Å²) in [5, 5.41) is 4.86. The molecule has 1 N–H and O–H groups in total. The van der Waals surface area contributed by atoms with Gasteiger partial charge in [0.05, 0.1) is 30.1 Å². The van der Waals surface area contributed by atoms with Crippen LogP contribution in [0.4, 0.5) is 5.69 Å². The predicted molar refractivity (Wildman–Crippen MR) is 87.9 cm³/mol. The highest BCUT2D eigenvalue weighted by Gasteiger charge is 2.19. The SMILES string of the molecule is CCCNc1c2c(nc3c(CCC)cccc13)CCOC2. The monoisotopic (exact) mass is 284 g/mol. The average molecular weight is 284 g/mol. The molecule has 0 fully saturated rings. The van der Waals surface area contributed by atoms with Crippen LogP contribution in [0.3, 0.4) is 0 Å². The number of nitrogens with one attached hydrogen (secondary N) is 1. The standard InChI is InChI=1S/C18H24N2O/c1-3-6-13-7-5-8-14-17(13)20-16-9-11-21-12-15(16)18(14)19-10-4-2/h5,7-8H,3-4,6,9-12H2,1-2H3,(H,19,20). The van der Waals surface area contributed by atoms with E-state index < -0.39 is 0 Å². The van der Waals surface area contributed by atoms with Gasteiger partial charge in [-0.2, -0.15) is 0 Å². The number of hydrogen-bond donors (Lipinski definition) is 1. The Morgan fingerprint density at radius 3 is 2.95 bits per heavy atom. The maximum atomic E-state index is 5.66. The number of rotatable bonds is 5. The lowest BCUT2D eigenvalue weighted by molar-refractivity contribution is 0.110. The maximum Gasteiger partial charge on any atom is 0.0758 e. The molecular formula is C18H24N2O. The first-order valence-corrected chi connectivity index (χ1v) is 8.10. The molecule has 0 amide bonds. The molecule has 1 aromatic heterocycles. The van der Waals surface area contributed by atoms with Gasteiger partial charge in [0.1, 0.15) is 0 Å². The molecule has 0 radical (unpaired) electrons. The van der Waals surface area contributed by atoms with Crippen LogP contribution < -0.4 is 5.32 Å². The Morgan fingerprint density at radius 1 is 1.24 bits per heavy atom. The Hall–Kier alpha value is -1.61. The molecule has 0 atom stereocenters. The smallest absolute Gasteiger partial charge is 0.0758 e. The molecule has 0 aliphatic carbocycles. The topological polar surface area (TPSA) is 34.2 Å². The second kappa shape index (κ2) is 6.44. The van der Waals surface area contributed by atoms with E-state index in [4.69, 9.17) is 9.72 Å². The average Bonchev–Trinajstić information content (AvgIpc) is 2.52. The zero-order valence-electron chi connectivity index (χ0n) is 13.0. The van der Waals surface area contributed by atoms with Crippen molar-refractivity contribution in [2.45, 2.75) is 46.1 Å². The lowest BCUT2D eigenvalue weighted by Gasteiger charge is -2.22. The fourth-order valence-corrected chi connectivity index (χ4v) is 3.06. The molecule has 2 aromatic rings. The first-order chi connectivity index (χ1) is 10.3. The second-order valence-electron chi connectivity index (χ2n) is 5.70. The van der Waals surface area contributed by atoms with E-state index in [1.165, 1.54) is 33.4 Å². The first-order valence-electron chi connectivity index (χ1n) is 8.10. The number of para-hydroxylation sites is 1. The number of aromatic nitrogens is 1. The van der Waals surface area contributed by atoms with Gasteiger partial charge in [-0.05, 0) is 18.4 Å². The van der Waals surface area contributed by atoms with Crippen molar-refractivity contribution in [3.63, 3.8) is 0 Å². The largest absolute Gasteiger partial charge is 0.384 e. The van der Waals surface area contributed by atoms with Crippen molar-refractivity contribution in [2.24, 2.45) is 0 Å². The van der Waals surface area contributed by atoms with Gasteiger partial charge in [0.15, 0.2) is 0 Å². The summed E-state index contributed by atoms with van der Waals surface area (Å²) in [6.07, 6.45) is 4.28. The summed E-state index contributed by atoms with van der Waals surface area (Å²) in [6, 6.07) is 6.56. The van der Waals surface area contributed by atoms with Crippen molar-refractivity contribution in [2.75, 3.05) is 18.5 Å². The number of benzene rings is 1. The van der Waals surface area contributed by atoms with Gasteiger partial charge in [0, 0.05) is 23.9 Å². The quantitative estimate of drug-likeness (QED) is 0.898. The Balaban J connectivity index is 2.20. The lowest BCUT2D eigenvalue weighted by atomic mass is 9.99. The molecule has 0 unspecified atom stereocenters. The molecule has 1 aliphatic rings. The van der Waals surface area contributed by atoms with Gasteiger partial charge in [0.2, 0.25) is 0 Å². The van der Waals surface area contributed by atoms with E-state index in [1.54, 1.807) is 0 Å². The van der Waals surface area contributed by atoms with Crippen LogP contribution in [0.1, 0.15) is 43.5 Å². The number of fused-ring (bicyclic) bond motifs is 2. The van der Waals surface area contributed by atoms with Crippen molar-refractivity contribution >= 4 is 16.6 Å². The summed E-state index contributed by atoms with van der Waals surface area (Å²) in [4.78, 5) is 4.98. The van der Waals surface area contributed by atoms with Crippen molar-refractivity contribution in [3.8, 4) is 0 Å². The summed E-state index contributed by atoms with van der Waals surface area (Å²) < 4.78 is 5.66. The van der Waals surface area contributed by atoms with Crippen LogP contribution in [0.15, 0.2) is 18.2 Å². The van der Waals surface area contributed by atoms with Crippen molar-refractivity contribution in [1.29, 1.82) is 0 Å². The van der Waals surface area contributed by atoms with Gasteiger partial charge in [-0.15, -0.1) is 0 Å². The molecule has 112 valence electrons. The van der Waals surface area contributed by atoms with E-state index in [0.29, 0.717) is 6.61 Å². The van der Waals surface area contributed by atoms with Crippen molar-refractivity contribution in [3.05, 3.63) is 35.0 Å². The van der Waals surface area contributed by atoms with Gasteiger partial charge < -0.3 is 10.1 Å². The first kappa shape index (κ1) is 14.3. The third-order valence-corrected chi connectivity index (χ3v) is 4.09. The molecule has 2 heterocycles. The van der Waals surface area contributed by atoms with E-state index in [-0.39, 0.29) is 0 Å². The number of nitrogens with zero attached hydrogens (tertiary/aromatic N) is 1. The van der Waals surface area contributed by atoms with Crippen molar-refractivity contribution < 1.29 is 4.74 Å². The molecule has 3 nitrogen and oxygen atoms in total.